The molecule has 0 unspecified atom stereocenters. The number of hydrogen-bond donors (Lipinski definition) is 2. The SMILES string of the molecule is CC1CCC(NC(=O)CCN2CCCS2(=O)=O)(C(=O)O)CC1. The third kappa shape index (κ3) is 3.78. The number of nitrogens with one attached hydrogen (secondary N) is 1. The second kappa shape index (κ2) is 6.54. The van der Waals surface area contributed by atoms with Gasteiger partial charge >= 0.3 is 5.97 Å². The lowest BCUT2D eigenvalue weighted by Crippen LogP contribution is -2.56. The number of carboxylic acids is 1. The van der Waals surface area contributed by atoms with Gasteiger partial charge < -0.3 is 10.4 Å². The summed E-state index contributed by atoms with van der Waals surface area (Å²) < 4.78 is 24.7. The van der Waals surface area contributed by atoms with Crippen molar-refractivity contribution in [3.05, 3.63) is 0 Å². The molecular formula is C14H24N2O5S. The van der Waals surface area contributed by atoms with Crippen LogP contribution in [0.4, 0.5) is 0 Å². The quantitative estimate of drug-likeness (QED) is 0.765. The van der Waals surface area contributed by atoms with Crippen molar-refractivity contribution in [2.45, 2.75) is 51.0 Å². The van der Waals surface area contributed by atoms with Crippen molar-refractivity contribution in [2.24, 2.45) is 5.92 Å². The highest BCUT2D eigenvalue weighted by Gasteiger charge is 2.42. The van der Waals surface area contributed by atoms with Gasteiger partial charge in [0.1, 0.15) is 5.54 Å². The molecule has 0 radical (unpaired) electrons. The highest BCUT2D eigenvalue weighted by molar-refractivity contribution is 7.89. The van der Waals surface area contributed by atoms with Gasteiger partial charge in [-0.05, 0) is 38.0 Å². The van der Waals surface area contributed by atoms with Crippen LogP contribution in [-0.4, -0.2) is 54.1 Å². The van der Waals surface area contributed by atoms with Gasteiger partial charge in [-0.1, -0.05) is 6.92 Å². The van der Waals surface area contributed by atoms with Gasteiger partial charge in [0.25, 0.3) is 0 Å². The van der Waals surface area contributed by atoms with Crippen LogP contribution in [0.2, 0.25) is 0 Å². The average molecular weight is 332 g/mol. The molecule has 0 bridgehead atoms. The Bertz CT molecular complexity index is 537. The van der Waals surface area contributed by atoms with Gasteiger partial charge in [0.2, 0.25) is 15.9 Å². The zero-order valence-electron chi connectivity index (χ0n) is 12.9. The van der Waals surface area contributed by atoms with E-state index in [1.54, 1.807) is 0 Å². The molecule has 2 N–H and O–H groups in total. The lowest BCUT2D eigenvalue weighted by Gasteiger charge is -2.36. The van der Waals surface area contributed by atoms with Crippen molar-refractivity contribution in [3.63, 3.8) is 0 Å². The molecule has 1 saturated heterocycles. The first kappa shape index (κ1) is 17.2. The summed E-state index contributed by atoms with van der Waals surface area (Å²) in [7, 11) is -3.22. The maximum atomic E-state index is 12.1. The lowest BCUT2D eigenvalue weighted by molar-refractivity contribution is -0.149. The van der Waals surface area contributed by atoms with Crippen LogP contribution in [0, 0.1) is 5.92 Å². The third-order valence-electron chi connectivity index (χ3n) is 4.71. The Kier molecular flexibility index (Phi) is 5.11. The standard InChI is InChI=1S/C14H24N2O5S/c1-11-3-6-14(7-4-11,13(18)19)15-12(17)5-9-16-8-2-10-22(16,20)21/h11H,2-10H2,1H3,(H,15,17)(H,18,19). The summed E-state index contributed by atoms with van der Waals surface area (Å²) in [6.07, 6.45) is 2.99. The Labute approximate surface area is 131 Å². The maximum Gasteiger partial charge on any atom is 0.329 e. The molecule has 8 heteroatoms. The Morgan fingerprint density at radius 2 is 1.95 bits per heavy atom. The average Bonchev–Trinajstić information content (AvgIpc) is 2.78. The van der Waals surface area contributed by atoms with Crippen LogP contribution >= 0.6 is 0 Å². The van der Waals surface area contributed by atoms with E-state index in [1.807, 2.05) is 0 Å². The van der Waals surface area contributed by atoms with E-state index in [9.17, 15) is 23.1 Å². The number of carbonyl (C=O) groups is 2. The minimum Gasteiger partial charge on any atom is -0.480 e. The topological polar surface area (TPSA) is 104 Å². The molecule has 2 fully saturated rings. The summed E-state index contributed by atoms with van der Waals surface area (Å²) in [6.45, 7) is 2.64. The molecule has 2 rings (SSSR count). The van der Waals surface area contributed by atoms with E-state index in [-0.39, 0.29) is 24.6 Å². The molecule has 0 atom stereocenters. The molecule has 0 spiro atoms. The molecule has 0 aromatic heterocycles. The largest absolute Gasteiger partial charge is 0.480 e. The summed E-state index contributed by atoms with van der Waals surface area (Å²) in [4.78, 5) is 23.6. The van der Waals surface area contributed by atoms with Crippen LogP contribution in [0.15, 0.2) is 0 Å². The highest BCUT2D eigenvalue weighted by Crippen LogP contribution is 2.32. The molecule has 1 aliphatic heterocycles. The predicted octanol–water partition coefficient (Wildman–Crippen LogP) is 0.562. The third-order valence-corrected chi connectivity index (χ3v) is 6.66. The van der Waals surface area contributed by atoms with E-state index >= 15 is 0 Å². The first-order valence-corrected chi connectivity index (χ1v) is 9.38. The number of hydrogen-bond acceptors (Lipinski definition) is 4. The minimum absolute atomic E-state index is 0.00378. The Morgan fingerprint density at radius 1 is 1.32 bits per heavy atom. The fourth-order valence-electron chi connectivity index (χ4n) is 3.15. The normalized spacial score (nSPS) is 31.8. The van der Waals surface area contributed by atoms with E-state index < -0.39 is 21.5 Å². The van der Waals surface area contributed by atoms with E-state index in [0.717, 1.165) is 12.8 Å². The number of carboxylic acid groups (broad SMARTS) is 1. The second-order valence-electron chi connectivity index (χ2n) is 6.44. The summed E-state index contributed by atoms with van der Waals surface area (Å²) in [5, 5.41) is 12.1. The molecular weight excluding hydrogens is 308 g/mol. The fraction of sp³-hybridized carbons (Fsp3) is 0.857. The van der Waals surface area contributed by atoms with Crippen LogP contribution in [-0.2, 0) is 19.6 Å². The summed E-state index contributed by atoms with van der Waals surface area (Å²) in [5.74, 6) is -0.786. The lowest BCUT2D eigenvalue weighted by atomic mass is 9.77. The van der Waals surface area contributed by atoms with Crippen molar-refractivity contribution >= 4 is 21.9 Å². The second-order valence-corrected chi connectivity index (χ2v) is 8.53. The first-order valence-electron chi connectivity index (χ1n) is 7.77. The number of rotatable bonds is 5. The molecule has 2 aliphatic rings. The smallest absolute Gasteiger partial charge is 0.329 e. The van der Waals surface area contributed by atoms with Gasteiger partial charge in [0.05, 0.1) is 5.75 Å². The number of aliphatic carboxylic acids is 1. The van der Waals surface area contributed by atoms with E-state index in [2.05, 4.69) is 12.2 Å². The first-order chi connectivity index (χ1) is 10.3. The molecule has 126 valence electrons. The van der Waals surface area contributed by atoms with Gasteiger partial charge in [0, 0.05) is 19.5 Å². The fourth-order valence-corrected chi connectivity index (χ4v) is 4.67. The predicted molar refractivity (Wildman–Crippen MR) is 80.7 cm³/mol. The molecule has 7 nitrogen and oxygen atoms in total. The van der Waals surface area contributed by atoms with Crippen molar-refractivity contribution < 1.29 is 23.1 Å². The van der Waals surface area contributed by atoms with Gasteiger partial charge in [-0.3, -0.25) is 4.79 Å². The summed E-state index contributed by atoms with van der Waals surface area (Å²) >= 11 is 0. The zero-order valence-corrected chi connectivity index (χ0v) is 13.7. The van der Waals surface area contributed by atoms with Gasteiger partial charge in [0.15, 0.2) is 0 Å². The zero-order chi connectivity index (χ0) is 16.4. The molecule has 1 heterocycles. The van der Waals surface area contributed by atoms with E-state index in [1.165, 1.54) is 4.31 Å². The van der Waals surface area contributed by atoms with Crippen molar-refractivity contribution in [1.82, 2.24) is 9.62 Å². The molecule has 0 aromatic carbocycles. The van der Waals surface area contributed by atoms with Crippen LogP contribution in [0.25, 0.3) is 0 Å². The number of amides is 1. The van der Waals surface area contributed by atoms with Gasteiger partial charge in [-0.25, -0.2) is 17.5 Å². The van der Waals surface area contributed by atoms with Crippen LogP contribution in [0.3, 0.4) is 0 Å². The number of nitrogens with zero attached hydrogens (tertiary/aromatic N) is 1. The number of carbonyl (C=O) groups excluding carboxylic acids is 1. The monoisotopic (exact) mass is 332 g/mol. The summed E-state index contributed by atoms with van der Waals surface area (Å²) in [6, 6.07) is 0. The Balaban J connectivity index is 1.91. The van der Waals surface area contributed by atoms with Crippen LogP contribution < -0.4 is 5.32 Å². The van der Waals surface area contributed by atoms with E-state index in [0.29, 0.717) is 31.7 Å². The molecule has 1 aliphatic carbocycles. The Morgan fingerprint density at radius 3 is 2.45 bits per heavy atom. The van der Waals surface area contributed by atoms with Crippen molar-refractivity contribution in [2.75, 3.05) is 18.8 Å². The van der Waals surface area contributed by atoms with E-state index in [4.69, 9.17) is 0 Å². The summed E-state index contributed by atoms with van der Waals surface area (Å²) in [5.41, 5.74) is -1.19. The Hall–Kier alpha value is -1.15. The highest BCUT2D eigenvalue weighted by atomic mass is 32.2. The maximum absolute atomic E-state index is 12.1. The molecule has 22 heavy (non-hydrogen) atoms. The van der Waals surface area contributed by atoms with Crippen molar-refractivity contribution in [1.29, 1.82) is 0 Å². The minimum atomic E-state index is -3.22. The van der Waals surface area contributed by atoms with Crippen molar-refractivity contribution in [3.8, 4) is 0 Å². The molecule has 1 amide bonds. The molecule has 0 aromatic rings. The molecule has 1 saturated carbocycles. The van der Waals surface area contributed by atoms with Gasteiger partial charge in [-0.2, -0.15) is 0 Å². The number of sulfonamides is 1. The van der Waals surface area contributed by atoms with Crippen LogP contribution in [0.5, 0.6) is 0 Å². The van der Waals surface area contributed by atoms with Crippen LogP contribution in [0.1, 0.15) is 45.4 Å². The van der Waals surface area contributed by atoms with Gasteiger partial charge in [-0.15, -0.1) is 0 Å².